The Hall–Kier alpha value is -1.99. The molecule has 2 aromatic carbocycles. The zero-order chi connectivity index (χ0) is 21.7. The van der Waals surface area contributed by atoms with Gasteiger partial charge in [0.15, 0.2) is 6.10 Å². The molecule has 2 atom stereocenters. The van der Waals surface area contributed by atoms with Crippen LogP contribution in [0.5, 0.6) is 0 Å². The first-order chi connectivity index (χ1) is 13.6. The summed E-state index contributed by atoms with van der Waals surface area (Å²) in [6, 6.07) is 8.14. The Morgan fingerprint density at radius 1 is 0.897 bits per heavy atom. The van der Waals surface area contributed by atoms with Gasteiger partial charge in [-0.05, 0) is 38.1 Å². The molecular formula is C19H16Cl4N2O4. The van der Waals surface area contributed by atoms with Gasteiger partial charge in [-0.15, -0.1) is 0 Å². The van der Waals surface area contributed by atoms with Gasteiger partial charge in [0.2, 0.25) is 0 Å². The molecule has 0 heterocycles. The molecule has 0 aliphatic heterocycles. The van der Waals surface area contributed by atoms with Crippen LogP contribution >= 0.6 is 46.4 Å². The highest BCUT2D eigenvalue weighted by Crippen LogP contribution is 2.32. The lowest BCUT2D eigenvalue weighted by Crippen LogP contribution is -2.42. The van der Waals surface area contributed by atoms with Gasteiger partial charge in [0, 0.05) is 0 Å². The highest BCUT2D eigenvalue weighted by Gasteiger charge is 2.24. The Morgan fingerprint density at radius 3 is 2.17 bits per heavy atom. The van der Waals surface area contributed by atoms with Crippen molar-refractivity contribution in [3.8, 4) is 0 Å². The molecule has 0 aliphatic rings. The summed E-state index contributed by atoms with van der Waals surface area (Å²) in [4.78, 5) is 36.7. The fourth-order valence-corrected chi connectivity index (χ4v) is 2.98. The van der Waals surface area contributed by atoms with Crippen LogP contribution in [0, 0.1) is 0 Å². The third-order valence-corrected chi connectivity index (χ3v) is 5.11. The van der Waals surface area contributed by atoms with Crippen LogP contribution in [0.2, 0.25) is 20.1 Å². The average Bonchev–Trinajstić information content (AvgIpc) is 2.66. The summed E-state index contributed by atoms with van der Waals surface area (Å²) in [6.07, 6.45) is -1.16. The molecule has 0 aliphatic carbocycles. The number of rotatable bonds is 6. The first kappa shape index (κ1) is 23.3. The van der Waals surface area contributed by atoms with E-state index in [1.165, 1.54) is 32.0 Å². The number of esters is 1. The Kier molecular flexibility index (Phi) is 8.16. The van der Waals surface area contributed by atoms with Gasteiger partial charge in [-0.25, -0.2) is 4.79 Å². The largest absolute Gasteiger partial charge is 0.451 e. The van der Waals surface area contributed by atoms with Crippen molar-refractivity contribution in [2.45, 2.75) is 26.0 Å². The fourth-order valence-electron chi connectivity index (χ4n) is 2.16. The molecule has 0 saturated carbocycles. The van der Waals surface area contributed by atoms with Gasteiger partial charge in [-0.1, -0.05) is 58.5 Å². The van der Waals surface area contributed by atoms with Crippen molar-refractivity contribution < 1.29 is 19.1 Å². The van der Waals surface area contributed by atoms with Gasteiger partial charge < -0.3 is 15.4 Å². The number of halogens is 4. The van der Waals surface area contributed by atoms with E-state index in [1.54, 1.807) is 18.2 Å². The predicted octanol–water partition coefficient (Wildman–Crippen LogP) is 4.99. The Balaban J connectivity index is 1.95. The number of hydrogen-bond acceptors (Lipinski definition) is 4. The van der Waals surface area contributed by atoms with Crippen molar-refractivity contribution in [3.63, 3.8) is 0 Å². The van der Waals surface area contributed by atoms with E-state index < -0.39 is 29.9 Å². The Labute approximate surface area is 187 Å². The van der Waals surface area contributed by atoms with Crippen LogP contribution in [0.1, 0.15) is 24.2 Å². The molecular weight excluding hydrogens is 462 g/mol. The highest BCUT2D eigenvalue weighted by atomic mass is 35.5. The molecule has 2 N–H and O–H groups in total. The molecule has 2 aromatic rings. The predicted molar refractivity (Wildman–Crippen MR) is 114 cm³/mol. The molecule has 154 valence electrons. The zero-order valence-corrected chi connectivity index (χ0v) is 18.3. The van der Waals surface area contributed by atoms with Crippen molar-refractivity contribution in [2.24, 2.45) is 0 Å². The maximum Gasteiger partial charge on any atom is 0.329 e. The second-order valence-corrected chi connectivity index (χ2v) is 7.62. The fraction of sp³-hybridized carbons (Fsp3) is 0.211. The summed E-state index contributed by atoms with van der Waals surface area (Å²) >= 11 is 23.7. The van der Waals surface area contributed by atoms with Crippen LogP contribution in [-0.4, -0.2) is 29.9 Å². The Morgan fingerprint density at radius 2 is 1.52 bits per heavy atom. The van der Waals surface area contributed by atoms with E-state index in [-0.39, 0.29) is 31.3 Å². The number of benzene rings is 2. The van der Waals surface area contributed by atoms with E-state index >= 15 is 0 Å². The molecule has 0 aromatic heterocycles. The van der Waals surface area contributed by atoms with E-state index in [0.717, 1.165) is 0 Å². The first-order valence-electron chi connectivity index (χ1n) is 8.31. The monoisotopic (exact) mass is 476 g/mol. The van der Waals surface area contributed by atoms with Crippen LogP contribution < -0.4 is 10.6 Å². The van der Waals surface area contributed by atoms with Crippen molar-refractivity contribution in [3.05, 3.63) is 62.1 Å². The van der Waals surface area contributed by atoms with Crippen LogP contribution in [0.15, 0.2) is 36.4 Å². The third kappa shape index (κ3) is 6.24. The number of carbonyl (C=O) groups is 3. The van der Waals surface area contributed by atoms with Gasteiger partial charge in [-0.2, -0.15) is 0 Å². The van der Waals surface area contributed by atoms with Crippen molar-refractivity contribution >= 4 is 69.9 Å². The van der Waals surface area contributed by atoms with Crippen molar-refractivity contribution in [1.82, 2.24) is 5.32 Å². The van der Waals surface area contributed by atoms with E-state index in [0.29, 0.717) is 0 Å². The lowest BCUT2D eigenvalue weighted by atomic mass is 10.2. The van der Waals surface area contributed by atoms with E-state index in [9.17, 15) is 14.4 Å². The van der Waals surface area contributed by atoms with Crippen LogP contribution in [0.3, 0.4) is 0 Å². The molecule has 6 nitrogen and oxygen atoms in total. The lowest BCUT2D eigenvalue weighted by molar-refractivity contribution is -0.154. The summed E-state index contributed by atoms with van der Waals surface area (Å²) < 4.78 is 5.11. The second-order valence-electron chi connectivity index (χ2n) is 5.99. The average molecular weight is 478 g/mol. The summed E-state index contributed by atoms with van der Waals surface area (Å²) in [5.74, 6) is -1.98. The lowest BCUT2D eigenvalue weighted by Gasteiger charge is -2.18. The minimum Gasteiger partial charge on any atom is -0.451 e. The third-order valence-electron chi connectivity index (χ3n) is 3.75. The number of carbonyl (C=O) groups excluding carboxylic acids is 3. The molecule has 2 rings (SSSR count). The van der Waals surface area contributed by atoms with Crippen LogP contribution in [0.25, 0.3) is 0 Å². The van der Waals surface area contributed by atoms with Gasteiger partial charge in [-0.3, -0.25) is 9.59 Å². The molecule has 0 fully saturated rings. The van der Waals surface area contributed by atoms with Gasteiger partial charge in [0.05, 0.1) is 31.3 Å². The van der Waals surface area contributed by atoms with Gasteiger partial charge in [0.25, 0.3) is 11.8 Å². The molecule has 0 radical (unpaired) electrons. The number of ether oxygens (including phenoxy) is 1. The number of anilines is 1. The molecule has 2 amide bonds. The van der Waals surface area contributed by atoms with Gasteiger partial charge in [0.1, 0.15) is 6.04 Å². The van der Waals surface area contributed by atoms with E-state index in [4.69, 9.17) is 51.1 Å². The smallest absolute Gasteiger partial charge is 0.329 e. The van der Waals surface area contributed by atoms with Crippen molar-refractivity contribution in [2.75, 3.05) is 5.32 Å². The summed E-state index contributed by atoms with van der Waals surface area (Å²) in [6.45, 7) is 2.80. The molecule has 10 heteroatoms. The Bertz CT molecular complexity index is 952. The number of nitrogens with one attached hydrogen (secondary N) is 2. The maximum absolute atomic E-state index is 12.3. The molecule has 0 saturated heterocycles. The first-order valence-corrected chi connectivity index (χ1v) is 9.82. The summed E-state index contributed by atoms with van der Waals surface area (Å²) in [5.41, 5.74) is 0.433. The minimum atomic E-state index is -1.16. The summed E-state index contributed by atoms with van der Waals surface area (Å²) in [7, 11) is 0. The summed E-state index contributed by atoms with van der Waals surface area (Å²) in [5, 5.41) is 5.83. The maximum atomic E-state index is 12.3. The highest BCUT2D eigenvalue weighted by molar-refractivity contribution is 6.44. The molecule has 0 bridgehead atoms. The quantitative estimate of drug-likeness (QED) is 0.453. The topological polar surface area (TPSA) is 84.5 Å². The molecule has 2 unspecified atom stereocenters. The van der Waals surface area contributed by atoms with E-state index in [2.05, 4.69) is 10.6 Å². The molecule has 29 heavy (non-hydrogen) atoms. The number of hydrogen-bond donors (Lipinski definition) is 2. The van der Waals surface area contributed by atoms with Crippen LogP contribution in [-0.2, 0) is 14.3 Å². The van der Waals surface area contributed by atoms with Crippen LogP contribution in [0.4, 0.5) is 5.69 Å². The van der Waals surface area contributed by atoms with Crippen molar-refractivity contribution in [1.29, 1.82) is 0 Å². The second kappa shape index (κ2) is 10.2. The standard InChI is InChI=1S/C19H16Cl4N2O4/c1-9(24-18(27)11-5-3-4-6-12(11)20)19(28)29-10(2)17(26)25-16-8-14(22)13(21)7-15(16)23/h3-10H,1-2H3,(H,24,27)(H,25,26). The zero-order valence-electron chi connectivity index (χ0n) is 15.3. The minimum absolute atomic E-state index is 0.173. The molecule has 0 spiro atoms. The SMILES string of the molecule is CC(NC(=O)c1ccccc1Cl)C(=O)OC(C)C(=O)Nc1cc(Cl)c(Cl)cc1Cl. The van der Waals surface area contributed by atoms with E-state index in [1.807, 2.05) is 0 Å². The number of amides is 2. The van der Waals surface area contributed by atoms with Gasteiger partial charge >= 0.3 is 5.97 Å². The normalized spacial score (nSPS) is 12.6.